The van der Waals surface area contributed by atoms with Crippen molar-refractivity contribution in [3.8, 4) is 6.19 Å². The van der Waals surface area contributed by atoms with E-state index < -0.39 is 0 Å². The van der Waals surface area contributed by atoms with Crippen LogP contribution in [0.15, 0.2) is 4.99 Å². The second-order valence-corrected chi connectivity index (χ2v) is 4.32. The van der Waals surface area contributed by atoms with Crippen LogP contribution in [0, 0.1) is 17.4 Å². The van der Waals surface area contributed by atoms with Crippen LogP contribution in [-0.2, 0) is 0 Å². The first-order chi connectivity index (χ1) is 6.41. The number of aliphatic imine (C=N–C) groups is 1. The molecule has 0 unspecified atom stereocenters. The molecule has 0 saturated carbocycles. The molecule has 0 fully saturated rings. The van der Waals surface area contributed by atoms with E-state index in [2.05, 4.69) is 51.4 Å². The minimum atomic E-state index is 0.291. The van der Waals surface area contributed by atoms with Crippen LogP contribution in [0.4, 0.5) is 0 Å². The van der Waals surface area contributed by atoms with Crippen molar-refractivity contribution in [2.75, 3.05) is 0 Å². The molecule has 14 heavy (non-hydrogen) atoms. The molecular formula is C11H21N3. The van der Waals surface area contributed by atoms with Crippen molar-refractivity contribution in [1.82, 2.24) is 4.90 Å². The predicted octanol–water partition coefficient (Wildman–Crippen LogP) is 2.64. The Kier molecular flexibility index (Phi) is 5.22. The maximum atomic E-state index is 8.63. The summed E-state index contributed by atoms with van der Waals surface area (Å²) in [7, 11) is 0. The van der Waals surface area contributed by atoms with E-state index in [1.165, 1.54) is 0 Å². The summed E-state index contributed by atoms with van der Waals surface area (Å²) in [6.07, 6.45) is 1.89. The van der Waals surface area contributed by atoms with Gasteiger partial charge in [-0.15, -0.1) is 0 Å². The summed E-state index contributed by atoms with van der Waals surface area (Å²) >= 11 is 0. The predicted molar refractivity (Wildman–Crippen MR) is 60.0 cm³/mol. The summed E-state index contributed by atoms with van der Waals surface area (Å²) in [5.74, 6) is 1.18. The molecule has 3 heteroatoms. The van der Waals surface area contributed by atoms with Crippen LogP contribution in [0.3, 0.4) is 0 Å². The Morgan fingerprint density at radius 1 is 1.07 bits per heavy atom. The van der Waals surface area contributed by atoms with Gasteiger partial charge in [0.2, 0.25) is 6.19 Å². The zero-order valence-corrected chi connectivity index (χ0v) is 10.1. The van der Waals surface area contributed by atoms with Crippen molar-refractivity contribution in [3.63, 3.8) is 0 Å². The van der Waals surface area contributed by atoms with E-state index in [0.717, 1.165) is 5.84 Å². The van der Waals surface area contributed by atoms with Gasteiger partial charge in [-0.3, -0.25) is 0 Å². The van der Waals surface area contributed by atoms with Gasteiger partial charge in [-0.1, -0.05) is 13.8 Å². The van der Waals surface area contributed by atoms with E-state index in [1.54, 1.807) is 0 Å². The van der Waals surface area contributed by atoms with Gasteiger partial charge < -0.3 is 4.90 Å². The smallest absolute Gasteiger partial charge is 0.207 e. The Bertz CT molecular complexity index is 225. The Labute approximate surface area is 87.4 Å². The molecular weight excluding hydrogens is 174 g/mol. The highest BCUT2D eigenvalue weighted by Gasteiger charge is 2.20. The molecule has 0 aromatic heterocycles. The minimum Gasteiger partial charge on any atom is -0.354 e. The fourth-order valence-electron chi connectivity index (χ4n) is 1.66. The molecule has 80 valence electrons. The SMILES string of the molecule is CC(C)C(=NC#N)N(C(C)C)C(C)C. The van der Waals surface area contributed by atoms with E-state index >= 15 is 0 Å². The molecule has 0 heterocycles. The average molecular weight is 195 g/mol. The molecule has 0 radical (unpaired) electrons. The molecule has 0 aliphatic rings. The molecule has 0 rings (SSSR count). The lowest BCUT2D eigenvalue weighted by molar-refractivity contribution is 0.280. The Hall–Kier alpha value is -1.04. The molecule has 0 aromatic rings. The third kappa shape index (κ3) is 3.37. The van der Waals surface area contributed by atoms with E-state index in [4.69, 9.17) is 5.26 Å². The van der Waals surface area contributed by atoms with E-state index in [0.29, 0.717) is 18.0 Å². The van der Waals surface area contributed by atoms with Gasteiger partial charge >= 0.3 is 0 Å². The summed E-state index contributed by atoms with van der Waals surface area (Å²) in [5.41, 5.74) is 0. The van der Waals surface area contributed by atoms with Crippen LogP contribution in [0.1, 0.15) is 41.5 Å². The van der Waals surface area contributed by atoms with Crippen molar-refractivity contribution >= 4 is 5.84 Å². The van der Waals surface area contributed by atoms with E-state index in [1.807, 2.05) is 6.19 Å². The van der Waals surface area contributed by atoms with Crippen molar-refractivity contribution in [3.05, 3.63) is 0 Å². The molecule has 0 spiro atoms. The number of hydrogen-bond donors (Lipinski definition) is 0. The number of nitriles is 1. The van der Waals surface area contributed by atoms with Crippen LogP contribution in [0.2, 0.25) is 0 Å². The largest absolute Gasteiger partial charge is 0.354 e. The van der Waals surface area contributed by atoms with E-state index in [-0.39, 0.29) is 0 Å². The summed E-state index contributed by atoms with van der Waals surface area (Å²) in [4.78, 5) is 6.10. The molecule has 0 atom stereocenters. The van der Waals surface area contributed by atoms with Crippen molar-refractivity contribution in [1.29, 1.82) is 5.26 Å². The van der Waals surface area contributed by atoms with Crippen LogP contribution in [-0.4, -0.2) is 22.8 Å². The monoisotopic (exact) mass is 195 g/mol. The Morgan fingerprint density at radius 2 is 1.50 bits per heavy atom. The number of amidine groups is 1. The van der Waals surface area contributed by atoms with Crippen molar-refractivity contribution in [2.45, 2.75) is 53.6 Å². The third-order valence-corrected chi connectivity index (χ3v) is 2.06. The lowest BCUT2D eigenvalue weighted by Gasteiger charge is -2.35. The number of rotatable bonds is 3. The van der Waals surface area contributed by atoms with Crippen molar-refractivity contribution in [2.24, 2.45) is 10.9 Å². The van der Waals surface area contributed by atoms with Gasteiger partial charge in [0.25, 0.3) is 0 Å². The van der Waals surface area contributed by atoms with Gasteiger partial charge in [-0.25, -0.2) is 0 Å². The molecule has 0 aromatic carbocycles. The van der Waals surface area contributed by atoms with E-state index in [9.17, 15) is 0 Å². The summed E-state index contributed by atoms with van der Waals surface area (Å²) in [5, 5.41) is 8.63. The minimum absolute atomic E-state index is 0.291. The van der Waals surface area contributed by atoms with Crippen molar-refractivity contribution < 1.29 is 0 Å². The lowest BCUT2D eigenvalue weighted by Crippen LogP contribution is -2.44. The second kappa shape index (κ2) is 5.64. The Morgan fingerprint density at radius 3 is 1.71 bits per heavy atom. The summed E-state index contributed by atoms with van der Waals surface area (Å²) < 4.78 is 0. The maximum Gasteiger partial charge on any atom is 0.207 e. The second-order valence-electron chi connectivity index (χ2n) is 4.32. The lowest BCUT2D eigenvalue weighted by atomic mass is 10.1. The molecule has 0 saturated heterocycles. The topological polar surface area (TPSA) is 39.4 Å². The zero-order chi connectivity index (χ0) is 11.3. The van der Waals surface area contributed by atoms with Crippen LogP contribution < -0.4 is 0 Å². The quantitative estimate of drug-likeness (QED) is 0.394. The molecule has 0 bridgehead atoms. The van der Waals surface area contributed by atoms with Gasteiger partial charge in [0, 0.05) is 18.0 Å². The molecule has 0 N–H and O–H groups in total. The third-order valence-electron chi connectivity index (χ3n) is 2.06. The highest BCUT2D eigenvalue weighted by molar-refractivity contribution is 5.85. The van der Waals surface area contributed by atoms with Crippen LogP contribution in [0.5, 0.6) is 0 Å². The first-order valence-electron chi connectivity index (χ1n) is 5.16. The van der Waals surface area contributed by atoms with Crippen LogP contribution in [0.25, 0.3) is 0 Å². The molecule has 0 aliphatic heterocycles. The number of nitrogens with zero attached hydrogens (tertiary/aromatic N) is 3. The standard InChI is InChI=1S/C11H21N3/c1-8(2)11(13-7-12)14(9(3)4)10(5)6/h8-10H,1-6H3. The van der Waals surface area contributed by atoms with Gasteiger partial charge in [-0.05, 0) is 27.7 Å². The maximum absolute atomic E-state index is 8.63. The highest BCUT2D eigenvalue weighted by Crippen LogP contribution is 2.12. The first-order valence-corrected chi connectivity index (χ1v) is 5.16. The highest BCUT2D eigenvalue weighted by atomic mass is 15.2. The summed E-state index contributed by atoms with van der Waals surface area (Å²) in [6.45, 7) is 12.6. The molecule has 0 aliphatic carbocycles. The number of hydrogen-bond acceptors (Lipinski definition) is 2. The average Bonchev–Trinajstić information content (AvgIpc) is 2.01. The van der Waals surface area contributed by atoms with Gasteiger partial charge in [0.05, 0.1) is 0 Å². The molecule has 3 nitrogen and oxygen atoms in total. The zero-order valence-electron chi connectivity index (χ0n) is 10.1. The normalized spacial score (nSPS) is 12.4. The van der Waals surface area contributed by atoms with Gasteiger partial charge in [0.15, 0.2) is 0 Å². The fraction of sp³-hybridized carbons (Fsp3) is 0.818. The van der Waals surface area contributed by atoms with Crippen LogP contribution >= 0.6 is 0 Å². The van der Waals surface area contributed by atoms with Gasteiger partial charge in [-0.2, -0.15) is 10.3 Å². The summed E-state index contributed by atoms with van der Waals surface area (Å²) in [6, 6.07) is 0.758. The first kappa shape index (κ1) is 13.0. The van der Waals surface area contributed by atoms with Gasteiger partial charge in [0.1, 0.15) is 5.84 Å². The molecule has 0 amide bonds. The Balaban J connectivity index is 4.96. The fourth-order valence-corrected chi connectivity index (χ4v) is 1.66.